The van der Waals surface area contributed by atoms with E-state index in [0.717, 1.165) is 28.1 Å². The molecule has 1 atom stereocenters. The number of hydrogen-bond acceptors (Lipinski definition) is 6. The highest BCUT2D eigenvalue weighted by atomic mass is 32.1. The number of fused-ring (bicyclic) bond motifs is 1. The zero-order chi connectivity index (χ0) is 21.0. The first kappa shape index (κ1) is 21.5. The molecule has 0 spiro atoms. The van der Waals surface area contributed by atoms with Crippen molar-refractivity contribution in [1.29, 1.82) is 0 Å². The Balaban J connectivity index is 1.64. The Morgan fingerprint density at radius 2 is 2.07 bits per heavy atom. The summed E-state index contributed by atoms with van der Waals surface area (Å²) in [5.41, 5.74) is 0.309. The number of likely N-dealkylation sites (N-methyl/N-ethyl adjacent to an activating group) is 1. The van der Waals surface area contributed by atoms with E-state index in [1.807, 2.05) is 45.0 Å². The maximum Gasteiger partial charge on any atom is 0.410 e. The van der Waals surface area contributed by atoms with Gasteiger partial charge in [0.25, 0.3) is 0 Å². The van der Waals surface area contributed by atoms with Crippen LogP contribution in [0.5, 0.6) is 0 Å². The molecule has 158 valence electrons. The Morgan fingerprint density at radius 3 is 2.72 bits per heavy atom. The van der Waals surface area contributed by atoms with Gasteiger partial charge in [-0.15, -0.1) is 11.3 Å². The van der Waals surface area contributed by atoms with Gasteiger partial charge in [-0.05, 0) is 45.7 Å². The lowest BCUT2D eigenvalue weighted by Gasteiger charge is -2.29. The molecule has 1 saturated heterocycles. The predicted molar refractivity (Wildman–Crippen MR) is 113 cm³/mol. The van der Waals surface area contributed by atoms with Crippen molar-refractivity contribution in [2.45, 2.75) is 51.9 Å². The number of benzene rings is 1. The van der Waals surface area contributed by atoms with Gasteiger partial charge in [-0.1, -0.05) is 12.1 Å². The number of carbonyl (C=O) groups excluding carboxylic acids is 2. The molecule has 1 aromatic carbocycles. The van der Waals surface area contributed by atoms with E-state index in [-0.39, 0.29) is 18.6 Å². The van der Waals surface area contributed by atoms with Gasteiger partial charge in [0.2, 0.25) is 5.91 Å². The van der Waals surface area contributed by atoms with Crippen LogP contribution >= 0.6 is 11.3 Å². The second kappa shape index (κ2) is 9.09. The summed E-state index contributed by atoms with van der Waals surface area (Å²) < 4.78 is 12.2. The number of aromatic nitrogens is 1. The number of para-hydroxylation sites is 1. The summed E-state index contributed by atoms with van der Waals surface area (Å²) >= 11 is 1.57. The summed E-state index contributed by atoms with van der Waals surface area (Å²) in [5.74, 6) is -0.159. The zero-order valence-corrected chi connectivity index (χ0v) is 18.3. The summed E-state index contributed by atoms with van der Waals surface area (Å²) in [7, 11) is 1.73. The molecule has 0 saturated carbocycles. The fraction of sp³-hybridized carbons (Fsp3) is 0.571. The molecule has 3 rings (SSSR count). The summed E-state index contributed by atoms with van der Waals surface area (Å²) in [5, 5.41) is 0.866. The fourth-order valence-corrected chi connectivity index (χ4v) is 4.15. The van der Waals surface area contributed by atoms with Crippen LogP contribution in [0.3, 0.4) is 0 Å². The number of hydrogen-bond donors (Lipinski definition) is 0. The lowest BCUT2D eigenvalue weighted by atomic mass is 10.2. The minimum absolute atomic E-state index is 0.0455. The third kappa shape index (κ3) is 6.14. The Bertz CT molecular complexity index is 822. The van der Waals surface area contributed by atoms with Gasteiger partial charge in [-0.25, -0.2) is 9.78 Å². The quantitative estimate of drug-likeness (QED) is 0.714. The smallest absolute Gasteiger partial charge is 0.410 e. The molecule has 2 aromatic rings. The van der Waals surface area contributed by atoms with E-state index in [1.165, 1.54) is 4.90 Å². The molecule has 2 heterocycles. The van der Waals surface area contributed by atoms with Gasteiger partial charge >= 0.3 is 6.09 Å². The molecule has 1 aromatic heterocycles. The van der Waals surface area contributed by atoms with Crippen LogP contribution in [0.2, 0.25) is 0 Å². The molecule has 1 aliphatic rings. The normalized spacial score (nSPS) is 16.8. The fourth-order valence-electron chi connectivity index (χ4n) is 3.13. The first-order valence-electron chi connectivity index (χ1n) is 9.89. The monoisotopic (exact) mass is 419 g/mol. The van der Waals surface area contributed by atoms with Gasteiger partial charge in [0.1, 0.15) is 17.2 Å². The second-order valence-electron chi connectivity index (χ2n) is 8.32. The average molecular weight is 420 g/mol. The van der Waals surface area contributed by atoms with Crippen molar-refractivity contribution in [2.75, 3.05) is 26.7 Å². The van der Waals surface area contributed by atoms with Crippen molar-refractivity contribution >= 4 is 33.6 Å². The van der Waals surface area contributed by atoms with Gasteiger partial charge < -0.3 is 14.4 Å². The Hall–Kier alpha value is -2.19. The molecule has 8 heteroatoms. The number of carbonyl (C=O) groups is 2. The van der Waals surface area contributed by atoms with E-state index in [0.29, 0.717) is 19.7 Å². The number of amides is 2. The van der Waals surface area contributed by atoms with Crippen LogP contribution in [0.1, 0.15) is 38.6 Å². The summed E-state index contributed by atoms with van der Waals surface area (Å²) in [6.45, 7) is 6.85. The SMILES string of the molecule is CN(Cc1nc2ccccc2s1)C(=O)CN(C[C@@H]1CCCO1)C(=O)OC(C)(C)C. The number of ether oxygens (including phenoxy) is 2. The molecule has 7 nitrogen and oxygen atoms in total. The lowest BCUT2D eigenvalue weighted by molar-refractivity contribution is -0.132. The third-order valence-electron chi connectivity index (χ3n) is 4.56. The third-order valence-corrected chi connectivity index (χ3v) is 5.58. The summed E-state index contributed by atoms with van der Waals surface area (Å²) in [6.07, 6.45) is 1.31. The van der Waals surface area contributed by atoms with E-state index >= 15 is 0 Å². The molecule has 0 N–H and O–H groups in total. The van der Waals surface area contributed by atoms with Crippen molar-refractivity contribution in [2.24, 2.45) is 0 Å². The van der Waals surface area contributed by atoms with Crippen molar-refractivity contribution in [3.63, 3.8) is 0 Å². The topological polar surface area (TPSA) is 72.0 Å². The minimum atomic E-state index is -0.623. The van der Waals surface area contributed by atoms with Crippen molar-refractivity contribution < 1.29 is 19.1 Å². The maximum absolute atomic E-state index is 12.8. The maximum atomic E-state index is 12.8. The molecule has 0 aliphatic carbocycles. The van der Waals surface area contributed by atoms with Crippen LogP contribution in [0.4, 0.5) is 4.79 Å². The Morgan fingerprint density at radius 1 is 1.31 bits per heavy atom. The van der Waals surface area contributed by atoms with E-state index in [4.69, 9.17) is 9.47 Å². The molecular formula is C21H29N3O4S. The molecule has 1 fully saturated rings. The van der Waals surface area contributed by atoms with Crippen LogP contribution in [0.25, 0.3) is 10.2 Å². The Kier molecular flexibility index (Phi) is 6.74. The first-order valence-corrected chi connectivity index (χ1v) is 10.7. The van der Waals surface area contributed by atoms with Crippen LogP contribution in [0, 0.1) is 0 Å². The Labute approximate surface area is 175 Å². The number of nitrogens with zero attached hydrogens (tertiary/aromatic N) is 3. The van der Waals surface area contributed by atoms with Crippen LogP contribution < -0.4 is 0 Å². The first-order chi connectivity index (χ1) is 13.7. The average Bonchev–Trinajstić information content (AvgIpc) is 3.28. The van der Waals surface area contributed by atoms with Gasteiger partial charge in [-0.2, -0.15) is 0 Å². The van der Waals surface area contributed by atoms with Crippen molar-refractivity contribution in [1.82, 2.24) is 14.8 Å². The van der Waals surface area contributed by atoms with Gasteiger partial charge in [0.15, 0.2) is 0 Å². The summed E-state index contributed by atoms with van der Waals surface area (Å²) in [6, 6.07) is 7.90. The minimum Gasteiger partial charge on any atom is -0.444 e. The summed E-state index contributed by atoms with van der Waals surface area (Å²) in [4.78, 5) is 33.1. The number of thiazole rings is 1. The second-order valence-corrected chi connectivity index (χ2v) is 9.44. The van der Waals surface area contributed by atoms with E-state index in [9.17, 15) is 9.59 Å². The van der Waals surface area contributed by atoms with Gasteiger partial charge in [-0.3, -0.25) is 9.69 Å². The zero-order valence-electron chi connectivity index (χ0n) is 17.5. The highest BCUT2D eigenvalue weighted by molar-refractivity contribution is 7.18. The molecule has 0 unspecified atom stereocenters. The van der Waals surface area contributed by atoms with E-state index in [2.05, 4.69) is 4.98 Å². The molecule has 29 heavy (non-hydrogen) atoms. The molecule has 0 radical (unpaired) electrons. The van der Waals surface area contributed by atoms with Crippen LogP contribution in [-0.4, -0.2) is 65.2 Å². The van der Waals surface area contributed by atoms with Gasteiger partial charge in [0, 0.05) is 13.7 Å². The molecule has 0 bridgehead atoms. The van der Waals surface area contributed by atoms with Crippen LogP contribution in [0.15, 0.2) is 24.3 Å². The number of rotatable bonds is 6. The lowest BCUT2D eigenvalue weighted by Crippen LogP contribution is -2.46. The highest BCUT2D eigenvalue weighted by Gasteiger charge is 2.29. The molecule has 2 amide bonds. The van der Waals surface area contributed by atoms with Gasteiger partial charge in [0.05, 0.1) is 29.4 Å². The highest BCUT2D eigenvalue weighted by Crippen LogP contribution is 2.22. The van der Waals surface area contributed by atoms with E-state index in [1.54, 1.807) is 23.3 Å². The largest absolute Gasteiger partial charge is 0.444 e. The molecular weight excluding hydrogens is 390 g/mol. The van der Waals surface area contributed by atoms with E-state index < -0.39 is 11.7 Å². The van der Waals surface area contributed by atoms with Crippen molar-refractivity contribution in [3.05, 3.63) is 29.3 Å². The molecule has 1 aliphatic heterocycles. The van der Waals surface area contributed by atoms with Crippen molar-refractivity contribution in [3.8, 4) is 0 Å². The van der Waals surface area contributed by atoms with Crippen LogP contribution in [-0.2, 0) is 20.8 Å². The predicted octanol–water partition coefficient (Wildman–Crippen LogP) is 3.67. The standard InChI is InChI=1S/C21H29N3O4S/c1-21(2,3)28-20(26)24(12-15-8-7-11-27-15)14-19(25)23(4)13-18-22-16-9-5-6-10-17(16)29-18/h5-6,9-10,15H,7-8,11-14H2,1-4H3/t15-/m0/s1.